The Kier molecular flexibility index (Phi) is 6.54. The highest BCUT2D eigenvalue weighted by Gasteiger charge is 2.08. The molecule has 128 valence electrons. The van der Waals surface area contributed by atoms with Gasteiger partial charge in [-0.2, -0.15) is 0 Å². The SMILES string of the molecule is COc1ccc(C(=O)CCCC(=O)NCCc2cc(C)on2)cc1. The van der Waals surface area contributed by atoms with Crippen LogP contribution in [0.3, 0.4) is 0 Å². The van der Waals surface area contributed by atoms with Gasteiger partial charge in [0, 0.05) is 37.4 Å². The van der Waals surface area contributed by atoms with Gasteiger partial charge in [-0.05, 0) is 37.6 Å². The predicted octanol–water partition coefficient (Wildman–Crippen LogP) is 2.70. The minimum atomic E-state index is -0.0576. The highest BCUT2D eigenvalue weighted by Crippen LogP contribution is 2.13. The molecule has 0 saturated heterocycles. The van der Waals surface area contributed by atoms with Crippen molar-refractivity contribution in [1.82, 2.24) is 10.5 Å². The van der Waals surface area contributed by atoms with Crippen molar-refractivity contribution in [3.05, 3.63) is 47.3 Å². The van der Waals surface area contributed by atoms with E-state index in [1.807, 2.05) is 13.0 Å². The molecule has 1 amide bonds. The number of hydrogen-bond acceptors (Lipinski definition) is 5. The summed E-state index contributed by atoms with van der Waals surface area (Å²) in [5, 5.41) is 6.68. The van der Waals surface area contributed by atoms with E-state index in [1.165, 1.54) is 0 Å². The van der Waals surface area contributed by atoms with Crippen molar-refractivity contribution in [3.8, 4) is 5.75 Å². The Balaban J connectivity index is 1.63. The van der Waals surface area contributed by atoms with Gasteiger partial charge >= 0.3 is 0 Å². The summed E-state index contributed by atoms with van der Waals surface area (Å²) in [4.78, 5) is 23.8. The third kappa shape index (κ3) is 5.53. The number of ether oxygens (including phenoxy) is 1. The maximum atomic E-state index is 12.0. The number of nitrogens with one attached hydrogen (secondary N) is 1. The zero-order valence-electron chi connectivity index (χ0n) is 14.0. The van der Waals surface area contributed by atoms with Crippen LogP contribution in [0.15, 0.2) is 34.9 Å². The fourth-order valence-corrected chi connectivity index (χ4v) is 2.28. The van der Waals surface area contributed by atoms with E-state index in [2.05, 4.69) is 10.5 Å². The van der Waals surface area contributed by atoms with Gasteiger partial charge in [-0.3, -0.25) is 9.59 Å². The average molecular weight is 330 g/mol. The van der Waals surface area contributed by atoms with Gasteiger partial charge in [0.15, 0.2) is 5.78 Å². The van der Waals surface area contributed by atoms with Crippen LogP contribution >= 0.6 is 0 Å². The van der Waals surface area contributed by atoms with Crippen LogP contribution < -0.4 is 10.1 Å². The van der Waals surface area contributed by atoms with Crippen LogP contribution in [0.25, 0.3) is 0 Å². The summed E-state index contributed by atoms with van der Waals surface area (Å²) in [6.07, 6.45) is 1.84. The van der Waals surface area contributed by atoms with Crippen LogP contribution in [0, 0.1) is 6.92 Å². The first-order valence-electron chi connectivity index (χ1n) is 7.94. The second-order valence-corrected chi connectivity index (χ2v) is 5.53. The van der Waals surface area contributed by atoms with Crippen molar-refractivity contribution < 1.29 is 18.8 Å². The number of carbonyl (C=O) groups excluding carboxylic acids is 2. The topological polar surface area (TPSA) is 81.4 Å². The zero-order valence-corrected chi connectivity index (χ0v) is 14.0. The van der Waals surface area contributed by atoms with E-state index >= 15 is 0 Å². The molecule has 0 radical (unpaired) electrons. The molecule has 0 bridgehead atoms. The molecule has 2 rings (SSSR count). The standard InChI is InChI=1S/C18H22N2O4/c1-13-12-15(20-24-13)10-11-19-18(22)5-3-4-17(21)14-6-8-16(23-2)9-7-14/h6-9,12H,3-5,10-11H2,1-2H3,(H,19,22). The van der Waals surface area contributed by atoms with E-state index in [1.54, 1.807) is 31.4 Å². The Morgan fingerprint density at radius 1 is 1.21 bits per heavy atom. The Hall–Kier alpha value is -2.63. The van der Waals surface area contributed by atoms with Crippen LogP contribution in [-0.2, 0) is 11.2 Å². The third-order valence-electron chi connectivity index (χ3n) is 3.60. The van der Waals surface area contributed by atoms with E-state index in [4.69, 9.17) is 9.26 Å². The maximum absolute atomic E-state index is 12.0. The number of benzene rings is 1. The molecule has 0 atom stereocenters. The number of ketones is 1. The van der Waals surface area contributed by atoms with Gasteiger partial charge in [0.25, 0.3) is 0 Å². The van der Waals surface area contributed by atoms with Crippen molar-refractivity contribution in [2.45, 2.75) is 32.6 Å². The first kappa shape index (κ1) is 17.7. The molecule has 0 spiro atoms. The van der Waals surface area contributed by atoms with Crippen molar-refractivity contribution in [2.24, 2.45) is 0 Å². The summed E-state index contributed by atoms with van der Waals surface area (Å²) in [7, 11) is 1.58. The smallest absolute Gasteiger partial charge is 0.220 e. The molecule has 24 heavy (non-hydrogen) atoms. The summed E-state index contributed by atoms with van der Waals surface area (Å²) < 4.78 is 10.0. The molecule has 0 aliphatic heterocycles. The minimum absolute atomic E-state index is 0.0310. The lowest BCUT2D eigenvalue weighted by Gasteiger charge is -2.05. The van der Waals surface area contributed by atoms with E-state index in [9.17, 15) is 9.59 Å². The Morgan fingerprint density at radius 3 is 2.58 bits per heavy atom. The molecule has 0 saturated carbocycles. The van der Waals surface area contributed by atoms with Crippen molar-refractivity contribution in [2.75, 3.05) is 13.7 Å². The molecule has 0 unspecified atom stereocenters. The van der Waals surface area contributed by atoms with Gasteiger partial charge in [-0.15, -0.1) is 0 Å². The highest BCUT2D eigenvalue weighted by atomic mass is 16.5. The Morgan fingerprint density at radius 2 is 1.96 bits per heavy atom. The van der Waals surface area contributed by atoms with Gasteiger partial charge in [0.1, 0.15) is 11.5 Å². The van der Waals surface area contributed by atoms with Gasteiger partial charge in [0.2, 0.25) is 5.91 Å². The van der Waals surface area contributed by atoms with Gasteiger partial charge < -0.3 is 14.6 Å². The van der Waals surface area contributed by atoms with E-state index in [0.717, 1.165) is 11.5 Å². The molecule has 1 heterocycles. The molecule has 1 N–H and O–H groups in total. The summed E-state index contributed by atoms with van der Waals surface area (Å²) in [5.74, 6) is 1.45. The molecule has 2 aromatic rings. The lowest BCUT2D eigenvalue weighted by Crippen LogP contribution is -2.25. The first-order chi connectivity index (χ1) is 11.6. The normalized spacial score (nSPS) is 10.4. The molecule has 1 aromatic carbocycles. The lowest BCUT2D eigenvalue weighted by atomic mass is 10.1. The van der Waals surface area contributed by atoms with Crippen molar-refractivity contribution in [3.63, 3.8) is 0 Å². The number of nitrogens with zero attached hydrogens (tertiary/aromatic N) is 1. The van der Waals surface area contributed by atoms with Crippen LogP contribution in [0.5, 0.6) is 5.75 Å². The summed E-state index contributed by atoms with van der Waals surface area (Å²) in [5.41, 5.74) is 1.46. The van der Waals surface area contributed by atoms with Gasteiger partial charge in [-0.25, -0.2) is 0 Å². The molecule has 0 aliphatic rings. The molecule has 0 fully saturated rings. The van der Waals surface area contributed by atoms with E-state index in [0.29, 0.717) is 43.5 Å². The number of hydrogen-bond donors (Lipinski definition) is 1. The second kappa shape index (κ2) is 8.86. The number of aryl methyl sites for hydroxylation is 1. The molecular formula is C18H22N2O4. The number of Topliss-reactive ketones (excluding diaryl/α,β-unsaturated/α-hetero) is 1. The fraction of sp³-hybridized carbons (Fsp3) is 0.389. The van der Waals surface area contributed by atoms with Crippen molar-refractivity contribution in [1.29, 1.82) is 0 Å². The van der Waals surface area contributed by atoms with Crippen LogP contribution in [0.1, 0.15) is 41.1 Å². The molecule has 6 nitrogen and oxygen atoms in total. The van der Waals surface area contributed by atoms with Crippen LogP contribution in [0.2, 0.25) is 0 Å². The number of rotatable bonds is 9. The molecule has 0 aliphatic carbocycles. The van der Waals surface area contributed by atoms with E-state index in [-0.39, 0.29) is 11.7 Å². The quantitative estimate of drug-likeness (QED) is 0.715. The number of methoxy groups -OCH3 is 1. The maximum Gasteiger partial charge on any atom is 0.220 e. The first-order valence-corrected chi connectivity index (χ1v) is 7.94. The average Bonchev–Trinajstić information content (AvgIpc) is 3.00. The Labute approximate surface area is 141 Å². The molecular weight excluding hydrogens is 308 g/mol. The Bertz CT molecular complexity index is 677. The minimum Gasteiger partial charge on any atom is -0.497 e. The third-order valence-corrected chi connectivity index (χ3v) is 3.60. The predicted molar refractivity (Wildman–Crippen MR) is 89.1 cm³/mol. The molecule has 1 aromatic heterocycles. The summed E-state index contributed by atoms with van der Waals surface area (Å²) >= 11 is 0. The number of amides is 1. The number of carbonyl (C=O) groups is 2. The summed E-state index contributed by atoms with van der Waals surface area (Å²) in [6.45, 7) is 2.34. The van der Waals surface area contributed by atoms with Gasteiger partial charge in [0.05, 0.1) is 12.8 Å². The number of aromatic nitrogens is 1. The van der Waals surface area contributed by atoms with E-state index < -0.39 is 0 Å². The molecule has 6 heteroatoms. The monoisotopic (exact) mass is 330 g/mol. The summed E-state index contributed by atoms with van der Waals surface area (Å²) in [6, 6.07) is 8.83. The van der Waals surface area contributed by atoms with Crippen molar-refractivity contribution >= 4 is 11.7 Å². The highest BCUT2D eigenvalue weighted by molar-refractivity contribution is 5.96. The van der Waals surface area contributed by atoms with Gasteiger partial charge in [-0.1, -0.05) is 5.16 Å². The lowest BCUT2D eigenvalue weighted by molar-refractivity contribution is -0.121. The largest absolute Gasteiger partial charge is 0.497 e. The zero-order chi connectivity index (χ0) is 17.4. The second-order valence-electron chi connectivity index (χ2n) is 5.53. The fourth-order valence-electron chi connectivity index (χ4n) is 2.28. The van der Waals surface area contributed by atoms with Crippen LogP contribution in [-0.4, -0.2) is 30.5 Å². The van der Waals surface area contributed by atoms with Crippen LogP contribution in [0.4, 0.5) is 0 Å².